The molecule has 0 saturated carbocycles. The average Bonchev–Trinajstić information content (AvgIpc) is 3.00. The van der Waals surface area contributed by atoms with Crippen LogP contribution in [0.25, 0.3) is 22.3 Å². The molecule has 0 unspecified atom stereocenters. The molecule has 0 aliphatic heterocycles. The Morgan fingerprint density at radius 2 is 0.816 bits per heavy atom. The fourth-order valence-electron chi connectivity index (χ4n) is 8.28. The van der Waals surface area contributed by atoms with Crippen LogP contribution < -0.4 is 4.90 Å². The molecule has 0 spiro atoms. The van der Waals surface area contributed by atoms with Crippen LogP contribution in [0.15, 0.2) is 60.7 Å². The van der Waals surface area contributed by atoms with Crippen LogP contribution in [0.5, 0.6) is 0 Å². The molecule has 3 rings (SSSR count). The van der Waals surface area contributed by atoms with Gasteiger partial charge in [0.2, 0.25) is 0 Å². The van der Waals surface area contributed by atoms with E-state index >= 15 is 0 Å². The summed E-state index contributed by atoms with van der Waals surface area (Å²) in [5, 5.41) is 0. The summed E-state index contributed by atoms with van der Waals surface area (Å²) in [4.78, 5) is 2.08. The summed E-state index contributed by atoms with van der Waals surface area (Å²) >= 11 is 0. The smallest absolute Gasteiger partial charge is 0.378 e. The van der Waals surface area contributed by atoms with Crippen LogP contribution in [0.4, 0.5) is 18.9 Å². The van der Waals surface area contributed by atoms with Crippen LogP contribution in [-0.2, 0) is 6.18 Å². The van der Waals surface area contributed by atoms with Crippen LogP contribution in [0.1, 0.15) is 99.8 Å². The molecule has 3 aromatic carbocycles. The van der Waals surface area contributed by atoms with Crippen molar-refractivity contribution < 1.29 is 13.2 Å². The van der Waals surface area contributed by atoms with Gasteiger partial charge in [0.25, 0.3) is 0 Å². The van der Waals surface area contributed by atoms with E-state index in [4.69, 9.17) is 0 Å². The van der Waals surface area contributed by atoms with Gasteiger partial charge in [0.05, 0.1) is 5.56 Å². The largest absolute Gasteiger partial charge is 0.416 e. The van der Waals surface area contributed by atoms with Crippen LogP contribution >= 0.6 is 0 Å². The summed E-state index contributed by atoms with van der Waals surface area (Å²) in [5.41, 5.74) is 16.3. The molecule has 0 fully saturated rings. The second-order valence-corrected chi connectivity index (χ2v) is 26.9. The van der Waals surface area contributed by atoms with Gasteiger partial charge in [-0.2, -0.15) is 13.2 Å². The molecule has 0 bridgehead atoms. The first-order chi connectivity index (χ1) is 22.7. The van der Waals surface area contributed by atoms with E-state index in [9.17, 15) is 13.2 Å². The van der Waals surface area contributed by atoms with Crippen molar-refractivity contribution in [1.82, 2.24) is 0 Å². The van der Waals surface area contributed by atoms with Crippen molar-refractivity contribution in [1.29, 1.82) is 0 Å². The number of hydrogen-bond donors (Lipinski definition) is 0. The summed E-state index contributed by atoms with van der Waals surface area (Å²) in [6.45, 7) is 27.6. The Morgan fingerprint density at radius 3 is 1.08 bits per heavy atom. The lowest BCUT2D eigenvalue weighted by molar-refractivity contribution is -0.137. The molecule has 0 aromatic heterocycles. The molecule has 0 aliphatic carbocycles. The van der Waals surface area contributed by atoms with Gasteiger partial charge in [-0.1, -0.05) is 119 Å². The molecule has 49 heavy (non-hydrogen) atoms. The third-order valence-electron chi connectivity index (χ3n) is 10.9. The van der Waals surface area contributed by atoms with Gasteiger partial charge in [0, 0.05) is 30.9 Å². The average molecular weight is 702 g/mol. The monoisotopic (exact) mass is 701 g/mol. The molecule has 0 heterocycles. The number of anilines is 1. The van der Waals surface area contributed by atoms with Crippen LogP contribution in [0, 0.1) is 22.9 Å². The number of benzene rings is 3. The summed E-state index contributed by atoms with van der Waals surface area (Å²) in [6, 6.07) is 18.3. The maximum atomic E-state index is 13.6. The summed E-state index contributed by atoms with van der Waals surface area (Å²) in [7, 11) is -0.147. The minimum atomic E-state index is -4.41. The molecule has 0 radical (unpaired) electrons. The molecule has 264 valence electrons. The number of hydrogen-bond acceptors (Lipinski definition) is 1. The van der Waals surface area contributed by atoms with E-state index in [1.54, 1.807) is 12.1 Å². The predicted octanol–water partition coefficient (Wildman–Crippen LogP) is 13.2. The van der Waals surface area contributed by atoms with E-state index in [1.807, 2.05) is 14.1 Å². The second kappa shape index (κ2) is 15.8. The van der Waals surface area contributed by atoms with Crippen molar-refractivity contribution in [2.75, 3.05) is 19.0 Å². The van der Waals surface area contributed by atoms with Crippen molar-refractivity contribution in [2.45, 2.75) is 123 Å². The van der Waals surface area contributed by atoms with Gasteiger partial charge in [-0.15, -0.1) is 11.1 Å². The minimum Gasteiger partial charge on any atom is -0.378 e. The standard InChI is InChI=1S/C43H58F3NSi2/c1-29(2)48(30(3)4,31(5)6)25-23-37-28-42(36-17-21-40(22-18-36)47(13)14)38(24-26-49(32(7)8,33(9)10)34(11)12)27-41(37)35-15-19-39(20-16-35)43(44,45)46/h15-22,27-34H,1-14H3. The highest BCUT2D eigenvalue weighted by Gasteiger charge is 2.43. The van der Waals surface area contributed by atoms with Gasteiger partial charge in [0.15, 0.2) is 0 Å². The lowest BCUT2D eigenvalue weighted by Gasteiger charge is -2.38. The van der Waals surface area contributed by atoms with Crippen molar-refractivity contribution in [2.24, 2.45) is 0 Å². The molecule has 0 amide bonds. The first-order valence-electron chi connectivity index (χ1n) is 17.9. The fourth-order valence-corrected chi connectivity index (χ4v) is 18.7. The quantitative estimate of drug-likeness (QED) is 0.159. The van der Waals surface area contributed by atoms with Gasteiger partial charge in [-0.25, -0.2) is 0 Å². The molecule has 0 saturated heterocycles. The Balaban J connectivity index is 2.53. The zero-order chi connectivity index (χ0) is 37.1. The van der Waals surface area contributed by atoms with E-state index in [2.05, 4.69) is 147 Å². The molecule has 0 N–H and O–H groups in total. The maximum absolute atomic E-state index is 13.6. The summed E-state index contributed by atoms with van der Waals surface area (Å²) in [6.07, 6.45) is -4.41. The Morgan fingerprint density at radius 1 is 0.510 bits per heavy atom. The van der Waals surface area contributed by atoms with Crippen molar-refractivity contribution >= 4 is 21.8 Å². The molecule has 1 nitrogen and oxygen atoms in total. The highest BCUT2D eigenvalue weighted by atomic mass is 28.3. The molecular weight excluding hydrogens is 644 g/mol. The third-order valence-corrected chi connectivity index (χ3v) is 23.5. The van der Waals surface area contributed by atoms with Gasteiger partial charge < -0.3 is 4.90 Å². The first kappa shape index (κ1) is 40.2. The van der Waals surface area contributed by atoms with Gasteiger partial charge in [-0.05, 0) is 91.9 Å². The van der Waals surface area contributed by atoms with Crippen LogP contribution in [0.3, 0.4) is 0 Å². The van der Waals surface area contributed by atoms with Gasteiger partial charge >= 0.3 is 6.18 Å². The zero-order valence-electron chi connectivity index (χ0n) is 32.3. The number of halogens is 3. The van der Waals surface area contributed by atoms with Crippen molar-refractivity contribution in [3.63, 3.8) is 0 Å². The number of nitrogens with zero attached hydrogens (tertiary/aromatic N) is 1. The lowest BCUT2D eigenvalue weighted by Crippen LogP contribution is -2.43. The Hall–Kier alpha value is -3.20. The Kier molecular flexibility index (Phi) is 13.0. The fraction of sp³-hybridized carbons (Fsp3) is 0.488. The SMILES string of the molecule is CC(C)[Si](C#Cc1cc(-c2ccc(C(F)(F)F)cc2)c(C#C[Si](C(C)C)(C(C)C)C(C)C)cc1-c1ccc(N(C)C)cc1)(C(C)C)C(C)C. The third kappa shape index (κ3) is 8.41. The van der Waals surface area contributed by atoms with Gasteiger partial charge in [0.1, 0.15) is 16.1 Å². The minimum absolute atomic E-state index is 0.443. The second-order valence-electron chi connectivity index (χ2n) is 15.8. The number of alkyl halides is 3. The molecule has 6 heteroatoms. The van der Waals surface area contributed by atoms with Crippen LogP contribution in [0.2, 0.25) is 33.2 Å². The van der Waals surface area contributed by atoms with E-state index in [0.717, 1.165) is 33.5 Å². The molecule has 0 atom stereocenters. The van der Waals surface area contributed by atoms with Crippen LogP contribution in [-0.4, -0.2) is 30.2 Å². The normalized spacial score (nSPS) is 12.6. The van der Waals surface area contributed by atoms with Crippen molar-refractivity contribution in [3.8, 4) is 45.2 Å². The molecular formula is C43H58F3NSi2. The number of rotatable bonds is 9. The zero-order valence-corrected chi connectivity index (χ0v) is 34.3. The van der Waals surface area contributed by atoms with E-state index in [-0.39, 0.29) is 0 Å². The van der Waals surface area contributed by atoms with Crippen molar-refractivity contribution in [3.05, 3.63) is 77.4 Å². The summed E-state index contributed by atoms with van der Waals surface area (Å²) in [5.74, 6) is 7.39. The Labute approximate surface area is 298 Å². The maximum Gasteiger partial charge on any atom is 0.416 e. The highest BCUT2D eigenvalue weighted by Crippen LogP contribution is 2.43. The highest BCUT2D eigenvalue weighted by molar-refractivity contribution is 6.91. The van der Waals surface area contributed by atoms with E-state index < -0.39 is 27.9 Å². The van der Waals surface area contributed by atoms with E-state index in [1.165, 1.54) is 12.1 Å². The topological polar surface area (TPSA) is 3.24 Å². The molecule has 0 aliphatic rings. The van der Waals surface area contributed by atoms with E-state index in [0.29, 0.717) is 38.8 Å². The Bertz CT molecular complexity index is 1650. The lowest BCUT2D eigenvalue weighted by atomic mass is 9.90. The molecule has 3 aromatic rings. The predicted molar refractivity (Wildman–Crippen MR) is 212 cm³/mol. The first-order valence-corrected chi connectivity index (χ1v) is 22.4. The summed E-state index contributed by atoms with van der Waals surface area (Å²) < 4.78 is 40.9. The van der Waals surface area contributed by atoms with Gasteiger partial charge in [-0.3, -0.25) is 0 Å².